The van der Waals surface area contributed by atoms with E-state index < -0.39 is 11.9 Å². The molecule has 0 aromatic heterocycles. The molecule has 0 fully saturated rings. The summed E-state index contributed by atoms with van der Waals surface area (Å²) < 4.78 is 5.16. The van der Waals surface area contributed by atoms with Gasteiger partial charge in [-0.3, -0.25) is 9.59 Å². The standard InChI is InChI=1S/C37H70O4/c1-3-5-6-7-8-9-10-11-12-13-14-15-16-17-18-19-20-21-22-23-24-25-26-27-28-29-30-31-32-35(34-36(38)39)37(40)41-33-4-2/h25-26,35H,3-24,27-34H2,1-2H3,(H,38,39)/b26-25+. The minimum Gasteiger partial charge on any atom is -0.481 e. The van der Waals surface area contributed by atoms with E-state index in [0.29, 0.717) is 13.0 Å². The van der Waals surface area contributed by atoms with Crippen molar-refractivity contribution in [3.05, 3.63) is 12.2 Å². The quantitative estimate of drug-likeness (QED) is 0.0478. The highest BCUT2D eigenvalue weighted by Crippen LogP contribution is 2.18. The van der Waals surface area contributed by atoms with Crippen molar-refractivity contribution in [1.82, 2.24) is 0 Å². The molecule has 0 rings (SSSR count). The number of carbonyl (C=O) groups is 2. The number of unbranched alkanes of at least 4 members (excludes halogenated alkanes) is 24. The van der Waals surface area contributed by atoms with E-state index in [4.69, 9.17) is 9.84 Å². The lowest BCUT2D eigenvalue weighted by Crippen LogP contribution is -2.21. The van der Waals surface area contributed by atoms with Crippen LogP contribution in [-0.4, -0.2) is 23.7 Å². The van der Waals surface area contributed by atoms with Gasteiger partial charge >= 0.3 is 11.9 Å². The molecule has 0 saturated heterocycles. The van der Waals surface area contributed by atoms with E-state index >= 15 is 0 Å². The highest BCUT2D eigenvalue weighted by Gasteiger charge is 2.22. The van der Waals surface area contributed by atoms with Crippen LogP contribution in [0.25, 0.3) is 0 Å². The SMILES string of the molecule is CCCCCCCCCCCCCCCCCCCCCC/C=C/CCCCCCC(CC(=O)O)C(=O)OCCC. The molecule has 0 aromatic carbocycles. The van der Waals surface area contributed by atoms with Crippen LogP contribution < -0.4 is 0 Å². The van der Waals surface area contributed by atoms with Gasteiger partial charge in [0.1, 0.15) is 0 Å². The highest BCUT2D eigenvalue weighted by molar-refractivity contribution is 5.79. The maximum absolute atomic E-state index is 12.0. The second-order valence-electron chi connectivity index (χ2n) is 12.4. The minimum atomic E-state index is -0.922. The smallest absolute Gasteiger partial charge is 0.309 e. The van der Waals surface area contributed by atoms with Crippen LogP contribution in [0.5, 0.6) is 0 Å². The van der Waals surface area contributed by atoms with Gasteiger partial charge in [0.2, 0.25) is 0 Å². The fourth-order valence-corrected chi connectivity index (χ4v) is 5.59. The molecule has 0 aliphatic heterocycles. The van der Waals surface area contributed by atoms with Crippen LogP contribution in [0.2, 0.25) is 0 Å². The number of rotatable bonds is 33. The molecule has 0 aromatic rings. The van der Waals surface area contributed by atoms with Gasteiger partial charge in [0.05, 0.1) is 18.9 Å². The van der Waals surface area contributed by atoms with Crippen LogP contribution in [0.1, 0.15) is 200 Å². The first-order valence-corrected chi connectivity index (χ1v) is 18.1. The molecule has 0 aliphatic carbocycles. The number of allylic oxidation sites excluding steroid dienone is 2. The second kappa shape index (κ2) is 33.2. The van der Waals surface area contributed by atoms with E-state index in [-0.39, 0.29) is 12.4 Å². The van der Waals surface area contributed by atoms with Crippen LogP contribution >= 0.6 is 0 Å². The topological polar surface area (TPSA) is 63.6 Å². The van der Waals surface area contributed by atoms with Crippen LogP contribution in [0, 0.1) is 5.92 Å². The van der Waals surface area contributed by atoms with Crippen LogP contribution in [0.3, 0.4) is 0 Å². The molecule has 1 atom stereocenters. The Morgan fingerprint density at radius 3 is 1.27 bits per heavy atom. The number of esters is 1. The maximum Gasteiger partial charge on any atom is 0.309 e. The molecule has 0 saturated carbocycles. The lowest BCUT2D eigenvalue weighted by molar-refractivity contribution is -0.153. The maximum atomic E-state index is 12.0. The number of carboxylic acids is 1. The first-order valence-electron chi connectivity index (χ1n) is 18.1. The van der Waals surface area contributed by atoms with Crippen molar-refractivity contribution >= 4 is 11.9 Å². The summed E-state index contributed by atoms with van der Waals surface area (Å²) in [5.74, 6) is -1.76. The Hall–Kier alpha value is -1.32. The van der Waals surface area contributed by atoms with E-state index in [1.165, 1.54) is 141 Å². The van der Waals surface area contributed by atoms with Crippen molar-refractivity contribution in [2.75, 3.05) is 6.61 Å². The molecule has 242 valence electrons. The summed E-state index contributed by atoms with van der Waals surface area (Å²) in [4.78, 5) is 23.1. The Bertz CT molecular complexity index is 585. The first kappa shape index (κ1) is 39.7. The zero-order valence-corrected chi connectivity index (χ0v) is 27.6. The number of ether oxygens (including phenoxy) is 1. The third-order valence-electron chi connectivity index (χ3n) is 8.27. The Balaban J connectivity index is 3.34. The molecule has 4 nitrogen and oxygen atoms in total. The minimum absolute atomic E-state index is 0.120. The number of carboxylic acid groups (broad SMARTS) is 1. The predicted molar refractivity (Wildman–Crippen MR) is 176 cm³/mol. The summed E-state index contributed by atoms with van der Waals surface area (Å²) in [5, 5.41) is 9.05. The molecule has 0 bridgehead atoms. The van der Waals surface area contributed by atoms with Gasteiger partial charge in [0, 0.05) is 0 Å². The number of aliphatic carboxylic acids is 1. The van der Waals surface area contributed by atoms with Crippen molar-refractivity contribution < 1.29 is 19.4 Å². The lowest BCUT2D eigenvalue weighted by Gasteiger charge is -2.13. The van der Waals surface area contributed by atoms with E-state index in [2.05, 4.69) is 19.1 Å². The van der Waals surface area contributed by atoms with Gasteiger partial charge in [-0.05, 0) is 38.5 Å². The molecule has 41 heavy (non-hydrogen) atoms. The van der Waals surface area contributed by atoms with Crippen LogP contribution in [-0.2, 0) is 14.3 Å². The molecular weight excluding hydrogens is 508 g/mol. The average molecular weight is 579 g/mol. The fourth-order valence-electron chi connectivity index (χ4n) is 5.59. The van der Waals surface area contributed by atoms with E-state index in [9.17, 15) is 9.59 Å². The van der Waals surface area contributed by atoms with E-state index in [1.807, 2.05) is 6.92 Å². The molecule has 0 aliphatic rings. The first-order chi connectivity index (χ1) is 20.1. The summed E-state index contributed by atoms with van der Waals surface area (Å²) in [7, 11) is 0. The Morgan fingerprint density at radius 1 is 0.537 bits per heavy atom. The Morgan fingerprint density at radius 2 is 0.902 bits per heavy atom. The molecular formula is C37H70O4. The lowest BCUT2D eigenvalue weighted by atomic mass is 9.97. The third kappa shape index (κ3) is 31.4. The largest absolute Gasteiger partial charge is 0.481 e. The van der Waals surface area contributed by atoms with Gasteiger partial charge in [-0.1, -0.05) is 167 Å². The Labute approximate surface area is 255 Å². The molecule has 4 heteroatoms. The van der Waals surface area contributed by atoms with Gasteiger partial charge < -0.3 is 9.84 Å². The monoisotopic (exact) mass is 579 g/mol. The van der Waals surface area contributed by atoms with Gasteiger partial charge in [0.15, 0.2) is 0 Å². The van der Waals surface area contributed by atoms with Crippen molar-refractivity contribution in [3.8, 4) is 0 Å². The van der Waals surface area contributed by atoms with Crippen molar-refractivity contribution in [3.63, 3.8) is 0 Å². The van der Waals surface area contributed by atoms with Crippen LogP contribution in [0.15, 0.2) is 12.2 Å². The van der Waals surface area contributed by atoms with Crippen molar-refractivity contribution in [1.29, 1.82) is 0 Å². The summed E-state index contributed by atoms with van der Waals surface area (Å²) in [5.41, 5.74) is 0. The molecule has 0 amide bonds. The Kier molecular flexibility index (Phi) is 32.1. The van der Waals surface area contributed by atoms with Gasteiger partial charge in [-0.2, -0.15) is 0 Å². The highest BCUT2D eigenvalue weighted by atomic mass is 16.5. The third-order valence-corrected chi connectivity index (χ3v) is 8.27. The van der Waals surface area contributed by atoms with Gasteiger partial charge in [0.25, 0.3) is 0 Å². The van der Waals surface area contributed by atoms with Crippen molar-refractivity contribution in [2.45, 2.75) is 200 Å². The predicted octanol–water partition coefficient (Wildman–Crippen LogP) is 12.1. The number of hydrogen-bond acceptors (Lipinski definition) is 3. The molecule has 0 heterocycles. The van der Waals surface area contributed by atoms with Crippen molar-refractivity contribution in [2.24, 2.45) is 5.92 Å². The molecule has 1 unspecified atom stereocenters. The fraction of sp³-hybridized carbons (Fsp3) is 0.892. The van der Waals surface area contributed by atoms with Gasteiger partial charge in [-0.15, -0.1) is 0 Å². The zero-order chi connectivity index (χ0) is 30.1. The normalized spacial score (nSPS) is 12.2. The van der Waals surface area contributed by atoms with E-state index in [0.717, 1.165) is 32.1 Å². The number of carbonyl (C=O) groups excluding carboxylic acids is 1. The molecule has 0 radical (unpaired) electrons. The summed E-state index contributed by atoms with van der Waals surface area (Å²) in [6.45, 7) is 4.61. The van der Waals surface area contributed by atoms with E-state index in [1.54, 1.807) is 0 Å². The summed E-state index contributed by atoms with van der Waals surface area (Å²) >= 11 is 0. The number of hydrogen-bond donors (Lipinski definition) is 1. The zero-order valence-electron chi connectivity index (χ0n) is 27.6. The van der Waals surface area contributed by atoms with Gasteiger partial charge in [-0.25, -0.2) is 0 Å². The summed E-state index contributed by atoms with van der Waals surface area (Å²) in [6.07, 6.45) is 41.1. The van der Waals surface area contributed by atoms with Crippen LogP contribution in [0.4, 0.5) is 0 Å². The molecule has 0 spiro atoms. The second-order valence-corrected chi connectivity index (χ2v) is 12.4. The average Bonchev–Trinajstić information content (AvgIpc) is 2.96. The molecule has 1 N–H and O–H groups in total. The summed E-state index contributed by atoms with van der Waals surface area (Å²) in [6, 6.07) is 0.